The van der Waals surface area contributed by atoms with Crippen molar-refractivity contribution in [1.29, 1.82) is 0 Å². The zero-order valence-corrected chi connectivity index (χ0v) is 22.1. The zero-order chi connectivity index (χ0) is 31.4. The second-order valence-corrected chi connectivity index (χ2v) is 9.69. The number of alkyl halides is 3. The van der Waals surface area contributed by atoms with E-state index in [9.17, 15) is 46.1 Å². The lowest BCUT2D eigenvalue weighted by atomic mass is 10.0. The molecule has 0 saturated heterocycles. The van der Waals surface area contributed by atoms with Gasteiger partial charge in [-0.1, -0.05) is 6.07 Å². The minimum atomic E-state index is -4.75. The predicted molar refractivity (Wildman–Crippen MR) is 145 cm³/mol. The summed E-state index contributed by atoms with van der Waals surface area (Å²) >= 11 is 0. The Labute approximate surface area is 239 Å². The number of fused-ring (bicyclic) bond motifs is 1. The fourth-order valence-electron chi connectivity index (χ4n) is 4.72. The van der Waals surface area contributed by atoms with Crippen molar-refractivity contribution in [2.24, 2.45) is 5.10 Å². The molecule has 0 radical (unpaired) electrons. The lowest BCUT2D eigenvalue weighted by molar-refractivity contribution is -0.137. The third kappa shape index (κ3) is 5.25. The van der Waals surface area contributed by atoms with Crippen LogP contribution in [0.4, 0.5) is 43.4 Å². The number of nitrogens with zero attached hydrogens (tertiary/aromatic N) is 2. The van der Waals surface area contributed by atoms with E-state index in [0.717, 1.165) is 53.4 Å². The molecule has 0 atom stereocenters. The topological polar surface area (TPSA) is 102 Å². The summed E-state index contributed by atoms with van der Waals surface area (Å²) in [7, 11) is 0. The van der Waals surface area contributed by atoms with Gasteiger partial charge in [0, 0.05) is 17.2 Å². The predicted octanol–water partition coefficient (Wildman–Crippen LogP) is 7.30. The van der Waals surface area contributed by atoms with Gasteiger partial charge in [-0.3, -0.25) is 15.1 Å². The molecule has 0 bridgehead atoms. The van der Waals surface area contributed by atoms with Crippen LogP contribution in [0.2, 0.25) is 0 Å². The largest absolute Gasteiger partial charge is 0.505 e. The normalized spacial score (nSPS) is 13.9. The van der Waals surface area contributed by atoms with E-state index in [4.69, 9.17) is 0 Å². The molecular weight excluding hydrogens is 580 g/mol. The summed E-state index contributed by atoms with van der Waals surface area (Å²) in [4.78, 5) is 25.9. The third-order valence-corrected chi connectivity index (χ3v) is 6.78. The number of nitrogens with one attached hydrogen (secondary N) is 1. The van der Waals surface area contributed by atoms with Gasteiger partial charge in [0.15, 0.2) is 5.71 Å². The minimum absolute atomic E-state index is 0.0362. The Balaban J connectivity index is 1.61. The minimum Gasteiger partial charge on any atom is -0.505 e. The summed E-state index contributed by atoms with van der Waals surface area (Å²) in [6.07, 6.45) is -4.75. The van der Waals surface area contributed by atoms with Gasteiger partial charge in [0.25, 0.3) is 5.91 Å². The average molecular weight is 599 g/mol. The molecule has 1 amide bonds. The first-order valence-corrected chi connectivity index (χ1v) is 12.4. The van der Waals surface area contributed by atoms with Gasteiger partial charge >= 0.3 is 12.1 Å². The van der Waals surface area contributed by atoms with Gasteiger partial charge in [0.05, 0.1) is 22.5 Å². The summed E-state index contributed by atoms with van der Waals surface area (Å²) < 4.78 is 83.5. The fourth-order valence-corrected chi connectivity index (χ4v) is 4.72. The number of aromatic carboxylic acids is 1. The van der Waals surface area contributed by atoms with Gasteiger partial charge in [-0.2, -0.15) is 18.3 Å². The van der Waals surface area contributed by atoms with Gasteiger partial charge in [-0.05, 0) is 79.1 Å². The van der Waals surface area contributed by atoms with Crippen LogP contribution in [-0.2, 0) is 11.0 Å². The standard InChI is InChI=1S/C30H19F6N3O4/c1-13-7-18(8-14(2)25(13)33)39-24-10-16(30(34,35)36)4-5-19(24)26(28(39)41)38-37-23-12-17(31)11-20(27(23)40)15-3-6-22(32)21(9-15)29(42)43/h3-12,37,40H,1-2H3,(H,42,43)/b38-26-. The first kappa shape index (κ1) is 29.2. The van der Waals surface area contributed by atoms with Gasteiger partial charge in [-0.25, -0.2) is 18.0 Å². The Morgan fingerprint density at radius 3 is 2.21 bits per heavy atom. The van der Waals surface area contributed by atoms with Crippen molar-refractivity contribution >= 4 is 34.7 Å². The van der Waals surface area contributed by atoms with Crippen LogP contribution in [0.3, 0.4) is 0 Å². The molecule has 3 N–H and O–H groups in total. The number of amides is 1. The first-order chi connectivity index (χ1) is 20.2. The van der Waals surface area contributed by atoms with E-state index in [1.165, 1.54) is 26.0 Å². The molecule has 4 aromatic rings. The maximum Gasteiger partial charge on any atom is 0.416 e. The number of hydrogen-bond acceptors (Lipinski definition) is 5. The quantitative estimate of drug-likeness (QED) is 0.127. The van der Waals surface area contributed by atoms with E-state index in [1.807, 2.05) is 0 Å². The summed E-state index contributed by atoms with van der Waals surface area (Å²) in [5.41, 5.74) is -0.380. The Bertz CT molecular complexity index is 1850. The molecule has 220 valence electrons. The molecule has 0 spiro atoms. The molecule has 0 unspecified atom stereocenters. The monoisotopic (exact) mass is 599 g/mol. The molecular formula is C30H19F6N3O4. The zero-order valence-electron chi connectivity index (χ0n) is 22.1. The van der Waals surface area contributed by atoms with Crippen LogP contribution in [0.5, 0.6) is 5.75 Å². The molecule has 0 aliphatic carbocycles. The number of anilines is 3. The molecule has 4 aromatic carbocycles. The summed E-state index contributed by atoms with van der Waals surface area (Å²) in [6, 6.07) is 9.61. The van der Waals surface area contributed by atoms with Gasteiger partial charge in [0.2, 0.25) is 0 Å². The number of phenols is 1. The Kier molecular flexibility index (Phi) is 7.12. The highest BCUT2D eigenvalue weighted by Gasteiger charge is 2.39. The highest BCUT2D eigenvalue weighted by atomic mass is 19.4. The summed E-state index contributed by atoms with van der Waals surface area (Å²) in [5, 5.41) is 24.0. The highest BCUT2D eigenvalue weighted by molar-refractivity contribution is 6.55. The number of halogens is 6. The number of aromatic hydroxyl groups is 1. The van der Waals surface area contributed by atoms with E-state index in [2.05, 4.69) is 10.5 Å². The van der Waals surface area contributed by atoms with E-state index in [-0.39, 0.29) is 39.2 Å². The molecule has 1 aliphatic heterocycles. The van der Waals surface area contributed by atoms with Crippen molar-refractivity contribution in [3.8, 4) is 16.9 Å². The van der Waals surface area contributed by atoms with Crippen LogP contribution in [0.25, 0.3) is 11.1 Å². The number of carbonyl (C=O) groups is 2. The van der Waals surface area contributed by atoms with Gasteiger partial charge < -0.3 is 10.2 Å². The molecule has 13 heteroatoms. The van der Waals surface area contributed by atoms with Crippen molar-refractivity contribution in [1.82, 2.24) is 0 Å². The SMILES string of the molecule is Cc1cc(N2C(=O)/C(=N\Nc3cc(F)cc(-c4ccc(F)c(C(=O)O)c4)c3O)c3ccc(C(F)(F)F)cc32)cc(C)c1F. The lowest BCUT2D eigenvalue weighted by Gasteiger charge is -2.20. The highest BCUT2D eigenvalue weighted by Crippen LogP contribution is 2.42. The number of aryl methyl sites for hydroxylation is 2. The van der Waals surface area contributed by atoms with E-state index < -0.39 is 63.8 Å². The molecule has 0 aromatic heterocycles. The molecule has 43 heavy (non-hydrogen) atoms. The molecule has 0 fully saturated rings. The van der Waals surface area contributed by atoms with Crippen LogP contribution < -0.4 is 10.3 Å². The lowest BCUT2D eigenvalue weighted by Crippen LogP contribution is -2.26. The van der Waals surface area contributed by atoms with Crippen molar-refractivity contribution in [3.63, 3.8) is 0 Å². The number of carboxylic acid groups (broad SMARTS) is 1. The molecule has 7 nitrogen and oxygen atoms in total. The second-order valence-electron chi connectivity index (χ2n) is 9.69. The van der Waals surface area contributed by atoms with Gasteiger partial charge in [0.1, 0.15) is 28.9 Å². The Morgan fingerprint density at radius 1 is 0.907 bits per heavy atom. The van der Waals surface area contributed by atoms with Crippen LogP contribution >= 0.6 is 0 Å². The fraction of sp³-hybridized carbons (Fsp3) is 0.100. The van der Waals surface area contributed by atoms with Crippen molar-refractivity contribution in [2.75, 3.05) is 10.3 Å². The van der Waals surface area contributed by atoms with E-state index >= 15 is 0 Å². The van der Waals surface area contributed by atoms with Gasteiger partial charge in [-0.15, -0.1) is 0 Å². The van der Waals surface area contributed by atoms with Crippen LogP contribution in [0, 0.1) is 31.3 Å². The number of carbonyl (C=O) groups excluding carboxylic acids is 1. The maximum absolute atomic E-state index is 14.6. The first-order valence-electron chi connectivity index (χ1n) is 12.4. The second kappa shape index (κ2) is 10.5. The van der Waals surface area contributed by atoms with Crippen molar-refractivity contribution in [3.05, 3.63) is 106 Å². The Hall–Kier alpha value is -5.33. The molecule has 0 saturated carbocycles. The van der Waals surface area contributed by atoms with E-state index in [1.54, 1.807) is 0 Å². The van der Waals surface area contributed by atoms with Crippen molar-refractivity contribution in [2.45, 2.75) is 20.0 Å². The number of hydrogen-bond donors (Lipinski definition) is 3. The number of phenolic OH excluding ortho intramolecular Hbond substituents is 1. The molecule has 5 rings (SSSR count). The smallest absolute Gasteiger partial charge is 0.416 e. The molecule has 1 heterocycles. The van der Waals surface area contributed by atoms with Crippen molar-refractivity contribution < 1.29 is 46.1 Å². The number of hydrazone groups is 1. The maximum atomic E-state index is 14.6. The summed E-state index contributed by atoms with van der Waals surface area (Å²) in [6.45, 7) is 2.86. The summed E-state index contributed by atoms with van der Waals surface area (Å²) in [5.74, 6) is -5.67. The van der Waals surface area contributed by atoms with Crippen LogP contribution in [0.15, 0.2) is 65.8 Å². The number of benzene rings is 4. The average Bonchev–Trinajstić information content (AvgIpc) is 3.21. The number of rotatable bonds is 5. The Morgan fingerprint density at radius 2 is 1.58 bits per heavy atom. The third-order valence-electron chi connectivity index (χ3n) is 6.78. The van der Waals surface area contributed by atoms with Crippen LogP contribution in [0.1, 0.15) is 32.6 Å². The van der Waals surface area contributed by atoms with Crippen LogP contribution in [-0.4, -0.2) is 27.8 Å². The molecule has 1 aliphatic rings. The van der Waals surface area contributed by atoms with E-state index in [0.29, 0.717) is 0 Å². The number of carboxylic acids is 1.